The largest absolute Gasteiger partial charge is 0.370 e. The third kappa shape index (κ3) is 3.69. The second kappa shape index (κ2) is 6.54. The zero-order valence-corrected chi connectivity index (χ0v) is 10.4. The molecule has 2 aromatic rings. The summed E-state index contributed by atoms with van der Waals surface area (Å²) in [5, 5.41) is 6.43. The van der Waals surface area contributed by atoms with E-state index in [1.807, 2.05) is 25.3 Å². The molecule has 0 aliphatic carbocycles. The number of hydrogen-bond donors (Lipinski definition) is 2. The van der Waals surface area contributed by atoms with Crippen LogP contribution in [0.1, 0.15) is 12.5 Å². The summed E-state index contributed by atoms with van der Waals surface area (Å²) in [4.78, 5) is 12.4. The topological polar surface area (TPSA) is 62.7 Å². The van der Waals surface area contributed by atoms with Crippen LogP contribution in [0.25, 0.3) is 0 Å². The lowest BCUT2D eigenvalue weighted by atomic mass is 10.2. The minimum absolute atomic E-state index is 0.828. The second-order valence-corrected chi connectivity index (χ2v) is 3.86. The maximum Gasteiger partial charge on any atom is 0.131 e. The van der Waals surface area contributed by atoms with E-state index < -0.39 is 0 Å². The predicted octanol–water partition coefficient (Wildman–Crippen LogP) is 1.96. The summed E-state index contributed by atoms with van der Waals surface area (Å²) in [6.07, 6.45) is 6.15. The van der Waals surface area contributed by atoms with Gasteiger partial charge in [0.25, 0.3) is 0 Å². The standard InChI is InChI=1S/C13H17N5/c1-2-15-12-8-13(18-10-17-12)16-7-5-11-4-3-6-14-9-11/h3-4,6,8-10H,2,5,7H2,1H3,(H2,15,16,17,18). The van der Waals surface area contributed by atoms with Gasteiger partial charge in [-0.15, -0.1) is 0 Å². The van der Waals surface area contributed by atoms with Gasteiger partial charge in [0.05, 0.1) is 0 Å². The van der Waals surface area contributed by atoms with Crippen LogP contribution in [0.5, 0.6) is 0 Å². The van der Waals surface area contributed by atoms with Crippen molar-refractivity contribution in [1.29, 1.82) is 0 Å². The van der Waals surface area contributed by atoms with E-state index in [4.69, 9.17) is 0 Å². The van der Waals surface area contributed by atoms with E-state index in [9.17, 15) is 0 Å². The number of hydrogen-bond acceptors (Lipinski definition) is 5. The summed E-state index contributed by atoms with van der Waals surface area (Å²) in [6.45, 7) is 3.72. The smallest absolute Gasteiger partial charge is 0.131 e. The van der Waals surface area contributed by atoms with Crippen molar-refractivity contribution in [3.8, 4) is 0 Å². The molecule has 0 aliphatic rings. The Morgan fingerprint density at radius 1 is 1.17 bits per heavy atom. The molecule has 0 atom stereocenters. The molecule has 0 bridgehead atoms. The number of rotatable bonds is 6. The average Bonchev–Trinajstić information content (AvgIpc) is 2.41. The monoisotopic (exact) mass is 243 g/mol. The highest BCUT2D eigenvalue weighted by atomic mass is 15.1. The van der Waals surface area contributed by atoms with Crippen molar-refractivity contribution in [2.24, 2.45) is 0 Å². The number of nitrogens with one attached hydrogen (secondary N) is 2. The van der Waals surface area contributed by atoms with Crippen molar-refractivity contribution < 1.29 is 0 Å². The Labute approximate surface area is 107 Å². The van der Waals surface area contributed by atoms with Gasteiger partial charge in [0.2, 0.25) is 0 Å². The van der Waals surface area contributed by atoms with Crippen LogP contribution in [0.2, 0.25) is 0 Å². The molecule has 2 rings (SSSR count). The molecular formula is C13H17N5. The van der Waals surface area contributed by atoms with E-state index in [-0.39, 0.29) is 0 Å². The first-order valence-corrected chi connectivity index (χ1v) is 6.07. The van der Waals surface area contributed by atoms with Crippen molar-refractivity contribution in [1.82, 2.24) is 15.0 Å². The number of aromatic nitrogens is 3. The van der Waals surface area contributed by atoms with Crippen molar-refractivity contribution in [3.63, 3.8) is 0 Å². The minimum atomic E-state index is 0.828. The molecule has 0 fully saturated rings. The summed E-state index contributed by atoms with van der Waals surface area (Å²) in [6, 6.07) is 5.93. The van der Waals surface area contributed by atoms with Crippen LogP contribution >= 0.6 is 0 Å². The Morgan fingerprint density at radius 3 is 2.72 bits per heavy atom. The first kappa shape index (κ1) is 12.3. The predicted molar refractivity (Wildman–Crippen MR) is 72.6 cm³/mol. The van der Waals surface area contributed by atoms with Gasteiger partial charge in [-0.25, -0.2) is 9.97 Å². The number of pyridine rings is 1. The highest BCUT2D eigenvalue weighted by Gasteiger charge is 1.97. The maximum absolute atomic E-state index is 4.17. The van der Waals surface area contributed by atoms with Crippen LogP contribution in [-0.4, -0.2) is 28.0 Å². The SMILES string of the molecule is CCNc1cc(NCCc2cccnc2)ncn1. The molecule has 2 N–H and O–H groups in total. The van der Waals surface area contributed by atoms with Crippen LogP contribution in [0, 0.1) is 0 Å². The molecule has 18 heavy (non-hydrogen) atoms. The molecule has 94 valence electrons. The van der Waals surface area contributed by atoms with E-state index in [2.05, 4.69) is 31.7 Å². The van der Waals surface area contributed by atoms with Crippen LogP contribution in [0.3, 0.4) is 0 Å². The molecule has 0 saturated heterocycles. The fourth-order valence-electron chi connectivity index (χ4n) is 1.61. The van der Waals surface area contributed by atoms with Crippen LogP contribution in [0.4, 0.5) is 11.6 Å². The fraction of sp³-hybridized carbons (Fsp3) is 0.308. The van der Waals surface area contributed by atoms with Gasteiger partial charge in [-0.1, -0.05) is 6.07 Å². The molecule has 2 heterocycles. The minimum Gasteiger partial charge on any atom is -0.370 e. The zero-order valence-electron chi connectivity index (χ0n) is 10.4. The van der Waals surface area contributed by atoms with Gasteiger partial charge in [0.1, 0.15) is 18.0 Å². The van der Waals surface area contributed by atoms with Gasteiger partial charge in [-0.3, -0.25) is 4.98 Å². The molecule has 0 aromatic carbocycles. The van der Waals surface area contributed by atoms with Crippen LogP contribution in [-0.2, 0) is 6.42 Å². The summed E-state index contributed by atoms with van der Waals surface area (Å²) in [7, 11) is 0. The van der Waals surface area contributed by atoms with Crippen molar-refractivity contribution >= 4 is 11.6 Å². The van der Waals surface area contributed by atoms with E-state index in [1.165, 1.54) is 5.56 Å². The Hall–Kier alpha value is -2.17. The zero-order chi connectivity index (χ0) is 12.6. The highest BCUT2D eigenvalue weighted by Crippen LogP contribution is 2.08. The van der Waals surface area contributed by atoms with Gasteiger partial charge in [-0.05, 0) is 25.0 Å². The summed E-state index contributed by atoms with van der Waals surface area (Å²) >= 11 is 0. The lowest BCUT2D eigenvalue weighted by Crippen LogP contribution is -2.08. The third-order valence-corrected chi connectivity index (χ3v) is 2.47. The summed E-state index contributed by atoms with van der Waals surface area (Å²) in [5.74, 6) is 1.68. The molecule has 0 unspecified atom stereocenters. The van der Waals surface area contributed by atoms with Crippen molar-refractivity contribution in [2.75, 3.05) is 23.7 Å². The van der Waals surface area contributed by atoms with Gasteiger partial charge < -0.3 is 10.6 Å². The Balaban J connectivity index is 1.84. The molecule has 0 saturated carbocycles. The van der Waals surface area contributed by atoms with E-state index in [0.717, 1.165) is 31.1 Å². The Morgan fingerprint density at radius 2 is 2.00 bits per heavy atom. The molecule has 0 spiro atoms. The van der Waals surface area contributed by atoms with E-state index in [0.29, 0.717) is 0 Å². The summed E-state index contributed by atoms with van der Waals surface area (Å²) in [5.41, 5.74) is 1.21. The Bertz CT molecular complexity index is 472. The average molecular weight is 243 g/mol. The van der Waals surface area contributed by atoms with Crippen LogP contribution in [0.15, 0.2) is 36.9 Å². The van der Waals surface area contributed by atoms with E-state index in [1.54, 1.807) is 12.5 Å². The van der Waals surface area contributed by atoms with Gasteiger partial charge in [-0.2, -0.15) is 0 Å². The second-order valence-electron chi connectivity index (χ2n) is 3.86. The molecule has 0 aliphatic heterocycles. The highest BCUT2D eigenvalue weighted by molar-refractivity contribution is 5.46. The maximum atomic E-state index is 4.17. The lowest BCUT2D eigenvalue weighted by molar-refractivity contribution is 0.987. The van der Waals surface area contributed by atoms with Crippen molar-refractivity contribution in [2.45, 2.75) is 13.3 Å². The van der Waals surface area contributed by atoms with Gasteiger partial charge in [0.15, 0.2) is 0 Å². The molecule has 0 amide bonds. The lowest BCUT2D eigenvalue weighted by Gasteiger charge is -2.07. The number of nitrogens with zero attached hydrogens (tertiary/aromatic N) is 3. The quantitative estimate of drug-likeness (QED) is 0.812. The van der Waals surface area contributed by atoms with Crippen molar-refractivity contribution in [3.05, 3.63) is 42.5 Å². The first-order valence-electron chi connectivity index (χ1n) is 6.07. The first-order chi connectivity index (χ1) is 8.88. The number of anilines is 2. The van der Waals surface area contributed by atoms with Gasteiger partial charge in [0, 0.05) is 31.5 Å². The molecule has 0 radical (unpaired) electrons. The fourth-order valence-corrected chi connectivity index (χ4v) is 1.61. The van der Waals surface area contributed by atoms with Crippen LogP contribution < -0.4 is 10.6 Å². The summed E-state index contributed by atoms with van der Waals surface area (Å²) < 4.78 is 0. The molecule has 5 nitrogen and oxygen atoms in total. The Kier molecular flexibility index (Phi) is 4.46. The van der Waals surface area contributed by atoms with E-state index >= 15 is 0 Å². The molecule has 5 heteroatoms. The molecule has 2 aromatic heterocycles. The van der Waals surface area contributed by atoms with Gasteiger partial charge >= 0.3 is 0 Å². The normalized spacial score (nSPS) is 10.1. The third-order valence-electron chi connectivity index (χ3n) is 2.47. The molecular weight excluding hydrogens is 226 g/mol.